The highest BCUT2D eigenvalue weighted by Gasteiger charge is 2.11. The first-order valence-corrected chi connectivity index (χ1v) is 8.66. The van der Waals surface area contributed by atoms with Crippen molar-refractivity contribution in [1.29, 1.82) is 0 Å². The molecule has 0 heterocycles. The van der Waals surface area contributed by atoms with E-state index in [2.05, 4.69) is 0 Å². The summed E-state index contributed by atoms with van der Waals surface area (Å²) < 4.78 is 6.14. The second-order valence-electron chi connectivity index (χ2n) is 4.60. The van der Waals surface area contributed by atoms with Gasteiger partial charge in [-0.25, -0.2) is 0 Å². The number of hydrogen-bond acceptors (Lipinski definition) is 4. The number of fused-ring (bicyclic) bond motifs is 1. The van der Waals surface area contributed by atoms with E-state index in [0.29, 0.717) is 5.75 Å². The number of benzene rings is 3. The molecular weight excluding hydrogens is 395 g/mol. The maximum Gasteiger partial charge on any atom is 0.243 e. The molecule has 110 valence electrons. The fourth-order valence-electron chi connectivity index (χ4n) is 2.15. The minimum Gasteiger partial charge on any atom is -0.497 e. The molecule has 0 aliphatic heterocycles. The molecule has 0 aliphatic rings. The van der Waals surface area contributed by atoms with Crippen molar-refractivity contribution in [2.45, 2.75) is 0 Å². The maximum absolute atomic E-state index is 12.6. The van der Waals surface area contributed by atoms with Gasteiger partial charge in [0, 0.05) is 14.3 Å². The first kappa shape index (κ1) is 14.8. The van der Waals surface area contributed by atoms with E-state index in [1.165, 1.54) is 19.2 Å². The number of methoxy groups -OCH3 is 1. The summed E-state index contributed by atoms with van der Waals surface area (Å²) in [5, 5.41) is 0.422. The summed E-state index contributed by atoms with van der Waals surface area (Å²) >= 11 is -0.987. The minimum absolute atomic E-state index is 0.121. The van der Waals surface area contributed by atoms with Gasteiger partial charge in [0.15, 0.2) is 0 Å². The van der Waals surface area contributed by atoms with Crippen LogP contribution < -0.4 is 21.0 Å². The summed E-state index contributed by atoms with van der Waals surface area (Å²) in [5.74, 6) is 0.492. The second kappa shape index (κ2) is 5.92. The highest BCUT2D eigenvalue weighted by molar-refractivity contribution is 14.2. The van der Waals surface area contributed by atoms with E-state index in [1.54, 1.807) is 6.07 Å². The van der Waals surface area contributed by atoms with Crippen LogP contribution in [0.1, 0.15) is 0 Å². The van der Waals surface area contributed by atoms with Gasteiger partial charge in [-0.05, 0) is 30.3 Å². The van der Waals surface area contributed by atoms with Gasteiger partial charge in [-0.1, -0.05) is 38.9 Å². The predicted octanol–water partition coefficient (Wildman–Crippen LogP) is 2.18. The van der Waals surface area contributed by atoms with Crippen molar-refractivity contribution < 1.29 is 4.74 Å². The number of hydrogen-bond donors (Lipinski definition) is 0. The molecule has 0 N–H and O–H groups in total. The maximum atomic E-state index is 12.6. The molecule has 0 spiro atoms. The summed E-state index contributed by atoms with van der Waals surface area (Å²) in [6, 6.07) is 13.9. The highest BCUT2D eigenvalue weighted by atomic mass is 127. The third kappa shape index (κ3) is 2.52. The second-order valence-corrected chi connectivity index (χ2v) is 7.47. The molecule has 0 atom stereocenters. The molecule has 0 radical (unpaired) electrons. The average Bonchev–Trinajstić information content (AvgIpc) is 2.57. The fraction of sp³-hybridized carbons (Fsp3) is 0.0588. The van der Waals surface area contributed by atoms with Gasteiger partial charge >= 0.3 is 0 Å². The van der Waals surface area contributed by atoms with Crippen molar-refractivity contribution in [3.05, 3.63) is 85.9 Å². The van der Waals surface area contributed by atoms with Gasteiger partial charge in [0.2, 0.25) is 16.3 Å². The van der Waals surface area contributed by atoms with Gasteiger partial charge in [0.05, 0.1) is 7.11 Å². The Morgan fingerprint density at radius 2 is 1.55 bits per heavy atom. The third-order valence-electron chi connectivity index (χ3n) is 3.26. The molecule has 0 saturated heterocycles. The van der Waals surface area contributed by atoms with Gasteiger partial charge in [-0.3, -0.25) is 14.4 Å². The van der Waals surface area contributed by atoms with Crippen molar-refractivity contribution in [1.82, 2.24) is 0 Å². The lowest BCUT2D eigenvalue weighted by molar-refractivity contribution is 0.415. The SMILES string of the molecule is COc1ccc2c(=O)c(=O)c(=Ic3ccccc3)c(=O)c2c1. The minimum atomic E-state index is -0.987. The van der Waals surface area contributed by atoms with Crippen LogP contribution in [0.2, 0.25) is 0 Å². The van der Waals surface area contributed by atoms with Crippen LogP contribution >= 0.6 is 20.7 Å². The zero-order valence-electron chi connectivity index (χ0n) is 11.6. The Hall–Kier alpha value is -2.15. The molecule has 3 aromatic carbocycles. The van der Waals surface area contributed by atoms with E-state index in [0.717, 1.165) is 3.57 Å². The molecule has 4 nitrogen and oxygen atoms in total. The lowest BCUT2D eigenvalue weighted by Gasteiger charge is -2.00. The van der Waals surface area contributed by atoms with Crippen molar-refractivity contribution in [2.24, 2.45) is 0 Å². The Bertz CT molecular complexity index is 1060. The molecule has 0 amide bonds. The zero-order chi connectivity index (χ0) is 15.7. The Morgan fingerprint density at radius 1 is 0.818 bits per heavy atom. The molecular formula is C17H11IO4. The average molecular weight is 406 g/mol. The van der Waals surface area contributed by atoms with Crippen molar-refractivity contribution in [3.8, 4) is 5.75 Å². The Morgan fingerprint density at radius 3 is 2.23 bits per heavy atom. The molecule has 0 fully saturated rings. The van der Waals surface area contributed by atoms with Crippen LogP contribution in [0.15, 0.2) is 62.9 Å². The summed E-state index contributed by atoms with van der Waals surface area (Å²) in [5.41, 5.74) is -1.63. The van der Waals surface area contributed by atoms with Crippen molar-refractivity contribution in [3.63, 3.8) is 0 Å². The lowest BCUT2D eigenvalue weighted by atomic mass is 10.1. The van der Waals surface area contributed by atoms with E-state index in [4.69, 9.17) is 4.74 Å². The van der Waals surface area contributed by atoms with Gasteiger partial charge in [0.1, 0.15) is 8.90 Å². The molecule has 22 heavy (non-hydrogen) atoms. The van der Waals surface area contributed by atoms with Gasteiger partial charge in [-0.15, -0.1) is 0 Å². The van der Waals surface area contributed by atoms with E-state index in [1.807, 2.05) is 30.3 Å². The lowest BCUT2D eigenvalue weighted by Crippen LogP contribution is -2.30. The van der Waals surface area contributed by atoms with E-state index >= 15 is 0 Å². The van der Waals surface area contributed by atoms with Crippen LogP contribution in [0.4, 0.5) is 0 Å². The number of halogens is 1. The molecule has 3 rings (SSSR count). The van der Waals surface area contributed by atoms with Crippen LogP contribution in [0.5, 0.6) is 5.75 Å². The third-order valence-corrected chi connectivity index (χ3v) is 6.12. The van der Waals surface area contributed by atoms with Crippen LogP contribution in [-0.4, -0.2) is 7.11 Å². The van der Waals surface area contributed by atoms with Gasteiger partial charge < -0.3 is 4.74 Å². The largest absolute Gasteiger partial charge is 0.497 e. The molecule has 5 heteroatoms. The van der Waals surface area contributed by atoms with Crippen molar-refractivity contribution in [2.75, 3.05) is 7.11 Å². The smallest absolute Gasteiger partial charge is 0.243 e. The number of rotatable bonds is 2. The van der Waals surface area contributed by atoms with Crippen LogP contribution in [0.3, 0.4) is 0 Å². The fourth-order valence-corrected chi connectivity index (χ4v) is 4.58. The van der Waals surface area contributed by atoms with Gasteiger partial charge in [-0.2, -0.15) is 0 Å². The van der Waals surface area contributed by atoms with E-state index in [9.17, 15) is 14.4 Å². The van der Waals surface area contributed by atoms with Crippen LogP contribution in [-0.2, 0) is 0 Å². The molecule has 0 saturated carbocycles. The van der Waals surface area contributed by atoms with E-state index in [-0.39, 0.29) is 19.4 Å². The van der Waals surface area contributed by atoms with Crippen LogP contribution in [0, 0.1) is 6.72 Å². The summed E-state index contributed by atoms with van der Waals surface area (Å²) in [6.07, 6.45) is 0. The summed E-state index contributed by atoms with van der Waals surface area (Å²) in [6.45, 7) is 0. The monoisotopic (exact) mass is 406 g/mol. The summed E-state index contributed by atoms with van der Waals surface area (Å²) in [7, 11) is 1.49. The van der Waals surface area contributed by atoms with E-state index < -0.39 is 31.6 Å². The standard InChI is InChI=1S/C17H11IO4/c1-22-11-7-8-12-13(9-11)15(19)14(17(21)16(12)20)18-10-5-3-2-4-6-10/h2-9H,1H3. The Labute approximate surface area is 135 Å². The van der Waals surface area contributed by atoms with Crippen molar-refractivity contribution >= 4 is 31.5 Å². The predicted molar refractivity (Wildman–Crippen MR) is 94.1 cm³/mol. The topological polar surface area (TPSA) is 60.4 Å². The van der Waals surface area contributed by atoms with Crippen LogP contribution in [0.25, 0.3) is 10.8 Å². The molecule has 0 bridgehead atoms. The normalized spacial score (nSPS) is 12.1. The molecule has 3 aromatic rings. The first-order valence-electron chi connectivity index (χ1n) is 6.50. The molecule has 0 aromatic heterocycles. The first-order chi connectivity index (χ1) is 10.6. The highest BCUT2D eigenvalue weighted by Crippen LogP contribution is 2.17. The molecule has 0 unspecified atom stereocenters. The molecule has 0 aliphatic carbocycles. The quantitative estimate of drug-likeness (QED) is 0.484. The zero-order valence-corrected chi connectivity index (χ0v) is 13.8. The Balaban J connectivity index is 2.47. The van der Waals surface area contributed by atoms with Gasteiger partial charge in [0.25, 0.3) is 0 Å². The Kier molecular flexibility index (Phi) is 3.98. The number of ether oxygens (including phenoxy) is 1. The summed E-state index contributed by atoms with van der Waals surface area (Å²) in [4.78, 5) is 37.1.